The standard InChI is InChI=1S/C13H20BrNO2S/c1-11(2)5-3-4-10-15-18(16,17)13-8-6-12(14)7-9-13/h6-9,11,15H,3-5,10H2,1-2H3. The van der Waals surface area contributed by atoms with Crippen LogP contribution in [0.2, 0.25) is 0 Å². The fraction of sp³-hybridized carbons (Fsp3) is 0.538. The molecule has 0 aliphatic heterocycles. The summed E-state index contributed by atoms with van der Waals surface area (Å²) < 4.78 is 27.3. The lowest BCUT2D eigenvalue weighted by molar-refractivity contribution is 0.530. The topological polar surface area (TPSA) is 46.2 Å². The number of nitrogens with one attached hydrogen (secondary N) is 1. The largest absolute Gasteiger partial charge is 0.240 e. The summed E-state index contributed by atoms with van der Waals surface area (Å²) in [6, 6.07) is 6.65. The Morgan fingerprint density at radius 3 is 2.33 bits per heavy atom. The molecule has 5 heteroatoms. The zero-order valence-electron chi connectivity index (χ0n) is 10.8. The average molecular weight is 334 g/mol. The van der Waals surface area contributed by atoms with E-state index in [0.29, 0.717) is 17.4 Å². The molecule has 1 N–H and O–H groups in total. The van der Waals surface area contributed by atoms with Crippen molar-refractivity contribution in [3.63, 3.8) is 0 Å². The zero-order chi connectivity index (χ0) is 13.6. The Bertz CT molecular complexity index is 454. The molecule has 102 valence electrons. The van der Waals surface area contributed by atoms with Crippen molar-refractivity contribution in [3.8, 4) is 0 Å². The van der Waals surface area contributed by atoms with Crippen molar-refractivity contribution in [2.45, 2.75) is 38.0 Å². The van der Waals surface area contributed by atoms with E-state index in [4.69, 9.17) is 0 Å². The van der Waals surface area contributed by atoms with E-state index in [1.165, 1.54) is 0 Å². The van der Waals surface area contributed by atoms with E-state index in [9.17, 15) is 8.42 Å². The van der Waals surface area contributed by atoms with Crippen LogP contribution in [0.15, 0.2) is 33.6 Å². The molecule has 1 rings (SSSR count). The molecule has 0 fully saturated rings. The Kier molecular flexibility index (Phi) is 6.32. The van der Waals surface area contributed by atoms with Crippen molar-refractivity contribution >= 4 is 26.0 Å². The molecule has 0 atom stereocenters. The fourth-order valence-corrected chi connectivity index (χ4v) is 2.92. The molecule has 0 spiro atoms. The first kappa shape index (κ1) is 15.7. The lowest BCUT2D eigenvalue weighted by Gasteiger charge is -2.07. The van der Waals surface area contributed by atoms with E-state index in [1.54, 1.807) is 24.3 Å². The van der Waals surface area contributed by atoms with Crippen LogP contribution in [-0.2, 0) is 10.0 Å². The van der Waals surface area contributed by atoms with Crippen LogP contribution < -0.4 is 4.72 Å². The molecular formula is C13H20BrNO2S. The van der Waals surface area contributed by atoms with E-state index >= 15 is 0 Å². The first-order chi connectivity index (χ1) is 8.42. The monoisotopic (exact) mass is 333 g/mol. The summed E-state index contributed by atoms with van der Waals surface area (Å²) in [6.07, 6.45) is 3.08. The molecule has 0 aliphatic carbocycles. The molecule has 0 saturated carbocycles. The predicted molar refractivity (Wildman–Crippen MR) is 78.0 cm³/mol. The summed E-state index contributed by atoms with van der Waals surface area (Å²) in [7, 11) is -3.35. The van der Waals surface area contributed by atoms with Gasteiger partial charge in [-0.2, -0.15) is 0 Å². The van der Waals surface area contributed by atoms with Crippen molar-refractivity contribution < 1.29 is 8.42 Å². The number of unbranched alkanes of at least 4 members (excludes halogenated alkanes) is 1. The summed E-state index contributed by atoms with van der Waals surface area (Å²) >= 11 is 3.28. The number of rotatable bonds is 7. The number of sulfonamides is 1. The fourth-order valence-electron chi connectivity index (χ4n) is 1.58. The number of halogens is 1. The second kappa shape index (κ2) is 7.26. The van der Waals surface area contributed by atoms with Gasteiger partial charge in [-0.3, -0.25) is 0 Å². The maximum atomic E-state index is 11.9. The molecule has 0 saturated heterocycles. The van der Waals surface area contributed by atoms with Gasteiger partial charge in [-0.25, -0.2) is 13.1 Å². The number of benzene rings is 1. The molecule has 18 heavy (non-hydrogen) atoms. The summed E-state index contributed by atoms with van der Waals surface area (Å²) in [6.45, 7) is 4.85. The smallest absolute Gasteiger partial charge is 0.211 e. The van der Waals surface area contributed by atoms with Crippen LogP contribution in [0.3, 0.4) is 0 Å². The molecule has 0 bridgehead atoms. The molecule has 1 aromatic carbocycles. The first-order valence-electron chi connectivity index (χ1n) is 6.17. The molecule has 0 unspecified atom stereocenters. The van der Waals surface area contributed by atoms with Crippen LogP contribution >= 0.6 is 15.9 Å². The van der Waals surface area contributed by atoms with E-state index in [1.807, 2.05) is 0 Å². The Balaban J connectivity index is 2.43. The van der Waals surface area contributed by atoms with Gasteiger partial charge < -0.3 is 0 Å². The van der Waals surface area contributed by atoms with E-state index in [2.05, 4.69) is 34.5 Å². The highest BCUT2D eigenvalue weighted by molar-refractivity contribution is 9.10. The molecule has 3 nitrogen and oxygen atoms in total. The maximum Gasteiger partial charge on any atom is 0.240 e. The molecular weight excluding hydrogens is 314 g/mol. The van der Waals surface area contributed by atoms with Gasteiger partial charge in [0.25, 0.3) is 0 Å². The van der Waals surface area contributed by atoms with Crippen molar-refractivity contribution in [3.05, 3.63) is 28.7 Å². The Morgan fingerprint density at radius 2 is 1.78 bits per heavy atom. The van der Waals surface area contributed by atoms with Gasteiger partial charge >= 0.3 is 0 Å². The molecule has 0 amide bonds. The van der Waals surface area contributed by atoms with Gasteiger partial charge in [-0.15, -0.1) is 0 Å². The predicted octanol–water partition coefficient (Wildman–Crippen LogP) is 3.55. The lowest BCUT2D eigenvalue weighted by atomic mass is 10.1. The highest BCUT2D eigenvalue weighted by Crippen LogP contribution is 2.14. The van der Waals surface area contributed by atoms with Gasteiger partial charge in [0.1, 0.15) is 0 Å². The summed E-state index contributed by atoms with van der Waals surface area (Å²) in [5, 5.41) is 0. The second-order valence-corrected chi connectivity index (χ2v) is 7.42. The van der Waals surface area contributed by atoms with Crippen LogP contribution in [0.25, 0.3) is 0 Å². The van der Waals surface area contributed by atoms with Gasteiger partial charge in [0.15, 0.2) is 0 Å². The van der Waals surface area contributed by atoms with Crippen LogP contribution in [-0.4, -0.2) is 15.0 Å². The van der Waals surface area contributed by atoms with Gasteiger partial charge in [-0.05, 0) is 36.6 Å². The van der Waals surface area contributed by atoms with E-state index in [0.717, 1.165) is 23.7 Å². The molecule has 0 aromatic heterocycles. The number of hydrogen-bond donors (Lipinski definition) is 1. The Morgan fingerprint density at radius 1 is 1.17 bits per heavy atom. The van der Waals surface area contributed by atoms with Gasteiger partial charge in [0.05, 0.1) is 4.90 Å². The molecule has 0 aliphatic rings. The van der Waals surface area contributed by atoms with Gasteiger partial charge in [-0.1, -0.05) is 42.6 Å². The molecule has 0 radical (unpaired) electrons. The maximum absolute atomic E-state index is 11.9. The van der Waals surface area contributed by atoms with Crippen LogP contribution in [0.4, 0.5) is 0 Å². The van der Waals surface area contributed by atoms with Crippen molar-refractivity contribution in [2.75, 3.05) is 6.54 Å². The first-order valence-corrected chi connectivity index (χ1v) is 8.44. The average Bonchev–Trinajstić information content (AvgIpc) is 2.28. The van der Waals surface area contributed by atoms with Crippen LogP contribution in [0.5, 0.6) is 0 Å². The SMILES string of the molecule is CC(C)CCCCNS(=O)(=O)c1ccc(Br)cc1. The van der Waals surface area contributed by atoms with Crippen molar-refractivity contribution in [1.29, 1.82) is 0 Å². The van der Waals surface area contributed by atoms with E-state index in [-0.39, 0.29) is 0 Å². The molecule has 1 aromatic rings. The minimum absolute atomic E-state index is 0.314. The van der Waals surface area contributed by atoms with Gasteiger partial charge in [0, 0.05) is 11.0 Å². The summed E-state index contributed by atoms with van der Waals surface area (Å²) in [4.78, 5) is 0.314. The minimum atomic E-state index is -3.35. The Hall–Kier alpha value is -0.390. The van der Waals surface area contributed by atoms with E-state index < -0.39 is 10.0 Å². The van der Waals surface area contributed by atoms with Crippen LogP contribution in [0.1, 0.15) is 33.1 Å². The van der Waals surface area contributed by atoms with Crippen LogP contribution in [0, 0.1) is 5.92 Å². The third kappa shape index (κ3) is 5.50. The summed E-state index contributed by atoms with van der Waals surface area (Å²) in [5.41, 5.74) is 0. The third-order valence-electron chi connectivity index (χ3n) is 2.62. The minimum Gasteiger partial charge on any atom is -0.211 e. The highest BCUT2D eigenvalue weighted by Gasteiger charge is 2.12. The zero-order valence-corrected chi connectivity index (χ0v) is 13.2. The van der Waals surface area contributed by atoms with Crippen molar-refractivity contribution in [2.24, 2.45) is 5.92 Å². The van der Waals surface area contributed by atoms with Gasteiger partial charge in [0.2, 0.25) is 10.0 Å². The normalized spacial score (nSPS) is 12.0. The second-order valence-electron chi connectivity index (χ2n) is 4.74. The Labute approximate surface area is 118 Å². The van der Waals surface area contributed by atoms with Crippen molar-refractivity contribution in [1.82, 2.24) is 4.72 Å². The quantitative estimate of drug-likeness (QED) is 0.775. The molecule has 0 heterocycles. The number of hydrogen-bond acceptors (Lipinski definition) is 2. The summed E-state index contributed by atoms with van der Waals surface area (Å²) in [5.74, 6) is 0.674. The third-order valence-corrected chi connectivity index (χ3v) is 4.63. The lowest BCUT2D eigenvalue weighted by Crippen LogP contribution is -2.24. The highest BCUT2D eigenvalue weighted by atomic mass is 79.9.